The van der Waals surface area contributed by atoms with Crippen molar-refractivity contribution in [2.45, 2.75) is 39.8 Å². The predicted octanol–water partition coefficient (Wildman–Crippen LogP) is 3.54. The SMILES string of the molecule is CCCCn1nnnc1COC(=O)c1oc2c(Cl)cccc2c1C. The molecule has 0 N–H and O–H groups in total. The Morgan fingerprint density at radius 2 is 2.25 bits per heavy atom. The lowest BCUT2D eigenvalue weighted by molar-refractivity contribution is 0.0421. The largest absolute Gasteiger partial charge is 0.452 e. The number of carbonyl (C=O) groups excluding carboxylic acids is 1. The van der Waals surface area contributed by atoms with E-state index in [0.717, 1.165) is 18.2 Å². The Hall–Kier alpha value is -2.41. The smallest absolute Gasteiger partial charge is 0.375 e. The molecule has 0 saturated heterocycles. The van der Waals surface area contributed by atoms with Crippen LogP contribution in [0.3, 0.4) is 0 Å². The Bertz CT molecular complexity index is 871. The van der Waals surface area contributed by atoms with E-state index < -0.39 is 5.97 Å². The number of para-hydroxylation sites is 1. The van der Waals surface area contributed by atoms with Crippen molar-refractivity contribution in [2.24, 2.45) is 0 Å². The molecule has 0 fully saturated rings. The molecule has 126 valence electrons. The maximum absolute atomic E-state index is 12.3. The van der Waals surface area contributed by atoms with Crippen LogP contribution in [0.5, 0.6) is 0 Å². The number of unbranched alkanes of at least 4 members (excludes halogenated alkanes) is 1. The first kappa shape index (κ1) is 16.4. The molecular weight excluding hydrogens is 332 g/mol. The molecule has 0 atom stereocenters. The fourth-order valence-electron chi connectivity index (χ4n) is 2.41. The highest BCUT2D eigenvalue weighted by Gasteiger charge is 2.21. The number of tetrazole rings is 1. The molecule has 2 heterocycles. The quantitative estimate of drug-likeness (QED) is 0.633. The van der Waals surface area contributed by atoms with E-state index in [1.807, 2.05) is 12.1 Å². The van der Waals surface area contributed by atoms with E-state index in [9.17, 15) is 4.79 Å². The Morgan fingerprint density at radius 1 is 1.42 bits per heavy atom. The molecule has 0 aliphatic carbocycles. The lowest BCUT2D eigenvalue weighted by Crippen LogP contribution is -2.11. The first-order valence-electron chi connectivity index (χ1n) is 7.71. The zero-order valence-electron chi connectivity index (χ0n) is 13.5. The fourth-order valence-corrected chi connectivity index (χ4v) is 2.62. The van der Waals surface area contributed by atoms with Gasteiger partial charge < -0.3 is 9.15 Å². The van der Waals surface area contributed by atoms with Gasteiger partial charge in [-0.05, 0) is 29.8 Å². The molecule has 3 aromatic rings. The second kappa shape index (κ2) is 7.00. The number of esters is 1. The topological polar surface area (TPSA) is 83.0 Å². The maximum Gasteiger partial charge on any atom is 0.375 e. The summed E-state index contributed by atoms with van der Waals surface area (Å²) in [4.78, 5) is 12.3. The summed E-state index contributed by atoms with van der Waals surface area (Å²) in [5, 5.41) is 12.6. The van der Waals surface area contributed by atoms with Crippen LogP contribution in [-0.4, -0.2) is 26.2 Å². The van der Waals surface area contributed by atoms with Crippen molar-refractivity contribution < 1.29 is 13.9 Å². The molecule has 0 saturated carbocycles. The van der Waals surface area contributed by atoms with Gasteiger partial charge in [0.15, 0.2) is 18.0 Å². The van der Waals surface area contributed by atoms with Crippen molar-refractivity contribution in [1.29, 1.82) is 0 Å². The lowest BCUT2D eigenvalue weighted by atomic mass is 10.1. The molecule has 0 radical (unpaired) electrons. The minimum absolute atomic E-state index is 0.0141. The minimum atomic E-state index is -0.565. The summed E-state index contributed by atoms with van der Waals surface area (Å²) < 4.78 is 12.5. The van der Waals surface area contributed by atoms with Gasteiger partial charge in [0, 0.05) is 17.5 Å². The minimum Gasteiger partial charge on any atom is -0.452 e. The third kappa shape index (κ3) is 3.12. The van der Waals surface area contributed by atoms with Crippen LogP contribution in [0.1, 0.15) is 41.7 Å². The number of rotatable bonds is 6. The normalized spacial score (nSPS) is 11.1. The highest BCUT2D eigenvalue weighted by atomic mass is 35.5. The third-order valence-corrected chi connectivity index (χ3v) is 4.06. The molecule has 0 amide bonds. The summed E-state index contributed by atoms with van der Waals surface area (Å²) >= 11 is 6.10. The molecule has 0 spiro atoms. The summed E-state index contributed by atoms with van der Waals surface area (Å²) in [5.74, 6) is 0.0825. The molecule has 0 unspecified atom stereocenters. The second-order valence-corrected chi connectivity index (χ2v) is 5.83. The Balaban J connectivity index is 1.75. The maximum atomic E-state index is 12.3. The summed E-state index contributed by atoms with van der Waals surface area (Å²) in [6.45, 7) is 4.55. The van der Waals surface area contributed by atoms with Gasteiger partial charge >= 0.3 is 5.97 Å². The van der Waals surface area contributed by atoms with Crippen LogP contribution in [0.2, 0.25) is 5.02 Å². The van der Waals surface area contributed by atoms with Gasteiger partial charge in [-0.3, -0.25) is 0 Å². The predicted molar refractivity (Wildman–Crippen MR) is 87.8 cm³/mol. The standard InChI is InChI=1S/C16H17ClN4O3/c1-3-4-8-21-13(18-19-20-21)9-23-16(22)14-10(2)11-6-5-7-12(17)15(11)24-14/h5-7H,3-4,8-9H2,1-2H3. The van der Waals surface area contributed by atoms with Crippen molar-refractivity contribution in [3.05, 3.63) is 40.4 Å². The first-order chi connectivity index (χ1) is 11.6. The number of ether oxygens (including phenoxy) is 1. The van der Waals surface area contributed by atoms with Crippen molar-refractivity contribution in [1.82, 2.24) is 20.2 Å². The van der Waals surface area contributed by atoms with Gasteiger partial charge in [-0.25, -0.2) is 9.48 Å². The molecule has 7 nitrogen and oxygen atoms in total. The highest BCUT2D eigenvalue weighted by Crippen LogP contribution is 2.31. The molecule has 0 aliphatic rings. The highest BCUT2D eigenvalue weighted by molar-refractivity contribution is 6.35. The summed E-state index contributed by atoms with van der Waals surface area (Å²) in [5.41, 5.74) is 1.18. The molecule has 8 heteroatoms. The lowest BCUT2D eigenvalue weighted by Gasteiger charge is -2.04. The number of hydrogen-bond donors (Lipinski definition) is 0. The van der Waals surface area contributed by atoms with Crippen LogP contribution in [0.25, 0.3) is 11.0 Å². The van der Waals surface area contributed by atoms with Gasteiger partial charge in [0.05, 0.1) is 5.02 Å². The zero-order valence-corrected chi connectivity index (χ0v) is 14.2. The molecular formula is C16H17ClN4O3. The summed E-state index contributed by atoms with van der Waals surface area (Å²) in [6, 6.07) is 5.37. The Labute approximate surface area is 143 Å². The number of fused-ring (bicyclic) bond motifs is 1. The van der Waals surface area contributed by atoms with Crippen LogP contribution < -0.4 is 0 Å². The molecule has 3 rings (SSSR count). The third-order valence-electron chi connectivity index (χ3n) is 3.76. The zero-order chi connectivity index (χ0) is 17.1. The average Bonchev–Trinajstić information content (AvgIpc) is 3.16. The van der Waals surface area contributed by atoms with Gasteiger partial charge in [-0.1, -0.05) is 37.1 Å². The van der Waals surface area contributed by atoms with Crippen molar-refractivity contribution in [3.63, 3.8) is 0 Å². The fraction of sp³-hybridized carbons (Fsp3) is 0.375. The number of nitrogens with zero attached hydrogens (tertiary/aromatic N) is 4. The summed E-state index contributed by atoms with van der Waals surface area (Å²) in [7, 11) is 0. The Morgan fingerprint density at radius 3 is 3.00 bits per heavy atom. The second-order valence-electron chi connectivity index (χ2n) is 5.42. The van der Waals surface area contributed by atoms with Crippen molar-refractivity contribution >= 4 is 28.5 Å². The van der Waals surface area contributed by atoms with Crippen molar-refractivity contribution in [3.8, 4) is 0 Å². The molecule has 1 aromatic carbocycles. The number of aryl methyl sites for hydroxylation is 2. The number of halogens is 1. The molecule has 0 aliphatic heterocycles. The van der Waals surface area contributed by atoms with Crippen molar-refractivity contribution in [2.75, 3.05) is 0 Å². The van der Waals surface area contributed by atoms with E-state index in [2.05, 4.69) is 22.4 Å². The van der Waals surface area contributed by atoms with E-state index >= 15 is 0 Å². The van der Waals surface area contributed by atoms with E-state index in [0.29, 0.717) is 28.5 Å². The van der Waals surface area contributed by atoms with E-state index in [1.54, 1.807) is 17.7 Å². The first-order valence-corrected chi connectivity index (χ1v) is 8.09. The van der Waals surface area contributed by atoms with Crippen LogP contribution in [0, 0.1) is 6.92 Å². The van der Waals surface area contributed by atoms with Gasteiger partial charge in [0.25, 0.3) is 0 Å². The number of furan rings is 1. The summed E-state index contributed by atoms with van der Waals surface area (Å²) in [6.07, 6.45) is 1.98. The van der Waals surface area contributed by atoms with Crippen LogP contribution in [0.4, 0.5) is 0 Å². The molecule has 24 heavy (non-hydrogen) atoms. The number of aromatic nitrogens is 4. The van der Waals surface area contributed by atoms with Gasteiger partial charge in [-0.15, -0.1) is 5.10 Å². The van der Waals surface area contributed by atoms with Gasteiger partial charge in [-0.2, -0.15) is 0 Å². The van der Waals surface area contributed by atoms with E-state index in [-0.39, 0.29) is 12.4 Å². The molecule has 2 aromatic heterocycles. The number of hydrogen-bond acceptors (Lipinski definition) is 6. The van der Waals surface area contributed by atoms with Crippen LogP contribution in [-0.2, 0) is 17.9 Å². The van der Waals surface area contributed by atoms with Crippen LogP contribution >= 0.6 is 11.6 Å². The number of carbonyl (C=O) groups is 1. The Kier molecular flexibility index (Phi) is 4.80. The number of benzene rings is 1. The molecule has 0 bridgehead atoms. The monoisotopic (exact) mass is 348 g/mol. The average molecular weight is 349 g/mol. The van der Waals surface area contributed by atoms with Gasteiger partial charge in [0.1, 0.15) is 0 Å². The van der Waals surface area contributed by atoms with Gasteiger partial charge in [0.2, 0.25) is 5.76 Å². The van der Waals surface area contributed by atoms with E-state index in [1.165, 1.54) is 0 Å². The van der Waals surface area contributed by atoms with E-state index in [4.69, 9.17) is 20.8 Å². The van der Waals surface area contributed by atoms with Crippen LogP contribution in [0.15, 0.2) is 22.6 Å².